The molecule has 2 rings (SSSR count). The van der Waals surface area contributed by atoms with Gasteiger partial charge in [-0.2, -0.15) is 0 Å². The molecule has 5 nitrogen and oxygen atoms in total. The van der Waals surface area contributed by atoms with Gasteiger partial charge in [-0.1, -0.05) is 38.1 Å². The number of benzene rings is 1. The monoisotopic (exact) mass is 316 g/mol. The Morgan fingerprint density at radius 3 is 2.43 bits per heavy atom. The van der Waals surface area contributed by atoms with Crippen LogP contribution < -0.4 is 5.32 Å². The zero-order valence-corrected chi connectivity index (χ0v) is 14.3. The van der Waals surface area contributed by atoms with Gasteiger partial charge in [-0.15, -0.1) is 0 Å². The summed E-state index contributed by atoms with van der Waals surface area (Å²) < 4.78 is 5.17. The van der Waals surface area contributed by atoms with Crippen molar-refractivity contribution >= 4 is 12.0 Å². The Labute approximate surface area is 137 Å². The molecule has 1 aromatic rings. The molecule has 124 valence electrons. The number of rotatable bonds is 4. The number of carbonyl (C=O) groups excluding carboxylic acids is 2. The van der Waals surface area contributed by atoms with Crippen molar-refractivity contribution in [2.75, 3.05) is 13.7 Å². The van der Waals surface area contributed by atoms with Crippen LogP contribution in [0.4, 0.5) is 4.79 Å². The first kappa shape index (κ1) is 17.1. The third kappa shape index (κ3) is 3.38. The van der Waals surface area contributed by atoms with Gasteiger partial charge in [0.1, 0.15) is 0 Å². The molecule has 0 saturated heterocycles. The Morgan fingerprint density at radius 1 is 1.30 bits per heavy atom. The van der Waals surface area contributed by atoms with Crippen LogP contribution in [0, 0.1) is 0 Å². The van der Waals surface area contributed by atoms with Crippen LogP contribution >= 0.6 is 0 Å². The Kier molecular flexibility index (Phi) is 5.08. The Morgan fingerprint density at radius 2 is 1.91 bits per heavy atom. The van der Waals surface area contributed by atoms with Crippen LogP contribution in [0.25, 0.3) is 0 Å². The van der Waals surface area contributed by atoms with Crippen LogP contribution in [0.2, 0.25) is 0 Å². The van der Waals surface area contributed by atoms with E-state index in [1.54, 1.807) is 20.9 Å². The maximum absolute atomic E-state index is 12.4. The lowest BCUT2D eigenvalue weighted by Crippen LogP contribution is -2.46. The molecule has 1 heterocycles. The van der Waals surface area contributed by atoms with Crippen molar-refractivity contribution < 1.29 is 14.3 Å². The summed E-state index contributed by atoms with van der Waals surface area (Å²) >= 11 is 0. The van der Waals surface area contributed by atoms with E-state index in [9.17, 15) is 9.59 Å². The number of hydrogen-bond donors (Lipinski definition) is 1. The van der Waals surface area contributed by atoms with E-state index in [1.807, 2.05) is 24.3 Å². The number of nitrogens with zero attached hydrogens (tertiary/aromatic N) is 1. The molecule has 1 unspecified atom stereocenters. The number of hydrogen-bond acceptors (Lipinski definition) is 3. The van der Waals surface area contributed by atoms with E-state index in [-0.39, 0.29) is 6.03 Å². The highest BCUT2D eigenvalue weighted by Gasteiger charge is 2.34. The Hall–Kier alpha value is -2.30. The standard InChI is InChI=1S/C18H24N2O3/c1-6-23-17(21)15-12(4)20(5)18(22)19-16(15)14-9-7-13(8-10-14)11(2)3/h7-11,16H,6H2,1-5H3,(H,19,22). The molecule has 1 aliphatic rings. The van der Waals surface area contributed by atoms with E-state index in [1.165, 1.54) is 10.5 Å². The summed E-state index contributed by atoms with van der Waals surface area (Å²) in [7, 11) is 1.64. The minimum absolute atomic E-state index is 0.228. The van der Waals surface area contributed by atoms with Crippen LogP contribution in [0.15, 0.2) is 35.5 Å². The average molecular weight is 316 g/mol. The van der Waals surface area contributed by atoms with Gasteiger partial charge in [-0.25, -0.2) is 9.59 Å². The van der Waals surface area contributed by atoms with Crippen LogP contribution in [0.5, 0.6) is 0 Å². The van der Waals surface area contributed by atoms with E-state index in [4.69, 9.17) is 4.74 Å². The molecule has 0 fully saturated rings. The average Bonchev–Trinajstić information content (AvgIpc) is 2.52. The molecule has 1 aromatic carbocycles. The molecule has 23 heavy (non-hydrogen) atoms. The van der Waals surface area contributed by atoms with Crippen molar-refractivity contribution in [3.05, 3.63) is 46.7 Å². The number of allylic oxidation sites excluding steroid dienone is 1. The Balaban J connectivity index is 2.44. The molecular weight excluding hydrogens is 292 g/mol. The Bertz CT molecular complexity index is 632. The summed E-state index contributed by atoms with van der Waals surface area (Å²) in [4.78, 5) is 25.9. The highest BCUT2D eigenvalue weighted by molar-refractivity contribution is 5.94. The highest BCUT2D eigenvalue weighted by atomic mass is 16.5. The molecule has 5 heteroatoms. The summed E-state index contributed by atoms with van der Waals surface area (Å²) in [6.45, 7) is 8.08. The first-order valence-electron chi connectivity index (χ1n) is 7.88. The lowest BCUT2D eigenvalue weighted by Gasteiger charge is -2.33. The first-order valence-corrected chi connectivity index (χ1v) is 7.88. The SMILES string of the molecule is CCOC(=O)C1=C(C)N(C)C(=O)NC1c1ccc(C(C)C)cc1. The third-order valence-electron chi connectivity index (χ3n) is 4.19. The predicted octanol–water partition coefficient (Wildman–Crippen LogP) is 3.34. The number of ether oxygens (including phenoxy) is 1. The second-order valence-electron chi connectivity index (χ2n) is 5.98. The van der Waals surface area contributed by atoms with Crippen molar-refractivity contribution in [1.29, 1.82) is 0 Å². The zero-order chi connectivity index (χ0) is 17.1. The largest absolute Gasteiger partial charge is 0.463 e. The fourth-order valence-electron chi connectivity index (χ4n) is 2.63. The van der Waals surface area contributed by atoms with Crippen molar-refractivity contribution in [1.82, 2.24) is 10.2 Å². The summed E-state index contributed by atoms with van der Waals surface area (Å²) in [6, 6.07) is 7.26. The molecule has 0 bridgehead atoms. The van der Waals surface area contributed by atoms with Gasteiger partial charge in [0.05, 0.1) is 18.2 Å². The molecule has 2 amide bonds. The molecule has 0 aromatic heterocycles. The van der Waals surface area contributed by atoms with Gasteiger partial charge < -0.3 is 15.0 Å². The summed E-state index contributed by atoms with van der Waals surface area (Å²) in [5, 5.41) is 2.88. The van der Waals surface area contributed by atoms with Crippen molar-refractivity contribution in [2.24, 2.45) is 0 Å². The van der Waals surface area contributed by atoms with Gasteiger partial charge in [-0.3, -0.25) is 0 Å². The molecule has 0 saturated carbocycles. The third-order valence-corrected chi connectivity index (χ3v) is 4.19. The molecule has 1 atom stereocenters. The van der Waals surface area contributed by atoms with Gasteiger partial charge >= 0.3 is 12.0 Å². The van der Waals surface area contributed by atoms with Crippen LogP contribution in [0.3, 0.4) is 0 Å². The van der Waals surface area contributed by atoms with Gasteiger partial charge in [0.2, 0.25) is 0 Å². The molecule has 1 N–H and O–H groups in total. The summed E-state index contributed by atoms with van der Waals surface area (Å²) in [5.41, 5.74) is 3.18. The number of amides is 2. The quantitative estimate of drug-likeness (QED) is 0.867. The topological polar surface area (TPSA) is 58.6 Å². The molecule has 0 aliphatic carbocycles. The van der Waals surface area contributed by atoms with Crippen molar-refractivity contribution in [3.63, 3.8) is 0 Å². The number of urea groups is 1. The van der Waals surface area contributed by atoms with E-state index in [0.717, 1.165) is 5.56 Å². The molecular formula is C18H24N2O3. The van der Waals surface area contributed by atoms with Gasteiger partial charge in [-0.05, 0) is 30.9 Å². The van der Waals surface area contributed by atoms with E-state index >= 15 is 0 Å². The second-order valence-corrected chi connectivity index (χ2v) is 5.98. The normalized spacial score (nSPS) is 18.3. The number of esters is 1. The van der Waals surface area contributed by atoms with Crippen LogP contribution in [-0.2, 0) is 9.53 Å². The first-order chi connectivity index (χ1) is 10.9. The second kappa shape index (κ2) is 6.86. The fraction of sp³-hybridized carbons (Fsp3) is 0.444. The van der Waals surface area contributed by atoms with Gasteiger partial charge in [0.25, 0.3) is 0 Å². The maximum atomic E-state index is 12.4. The number of carbonyl (C=O) groups is 2. The molecule has 0 radical (unpaired) electrons. The minimum Gasteiger partial charge on any atom is -0.463 e. The lowest BCUT2D eigenvalue weighted by molar-refractivity contribution is -0.139. The minimum atomic E-state index is -0.487. The van der Waals surface area contributed by atoms with Crippen molar-refractivity contribution in [2.45, 2.75) is 39.7 Å². The zero-order valence-electron chi connectivity index (χ0n) is 14.3. The van der Waals surface area contributed by atoms with Crippen LogP contribution in [0.1, 0.15) is 50.8 Å². The molecule has 0 spiro atoms. The predicted molar refractivity (Wildman–Crippen MR) is 88.9 cm³/mol. The lowest BCUT2D eigenvalue weighted by atomic mass is 9.93. The summed E-state index contributed by atoms with van der Waals surface area (Å²) in [5.74, 6) is 0.0349. The van der Waals surface area contributed by atoms with Gasteiger partial charge in [0, 0.05) is 12.7 Å². The summed E-state index contributed by atoms with van der Waals surface area (Å²) in [6.07, 6.45) is 0. The van der Waals surface area contributed by atoms with Gasteiger partial charge in [0.15, 0.2) is 0 Å². The van der Waals surface area contributed by atoms with Crippen molar-refractivity contribution in [3.8, 4) is 0 Å². The van der Waals surface area contributed by atoms with Crippen LogP contribution in [-0.4, -0.2) is 30.6 Å². The van der Waals surface area contributed by atoms with E-state index in [2.05, 4.69) is 19.2 Å². The smallest absolute Gasteiger partial charge is 0.338 e. The number of nitrogens with one attached hydrogen (secondary N) is 1. The van der Waals surface area contributed by atoms with E-state index in [0.29, 0.717) is 23.8 Å². The highest BCUT2D eigenvalue weighted by Crippen LogP contribution is 2.31. The van der Waals surface area contributed by atoms with E-state index < -0.39 is 12.0 Å². The molecule has 1 aliphatic heterocycles. The fourth-order valence-corrected chi connectivity index (χ4v) is 2.63. The maximum Gasteiger partial charge on any atom is 0.338 e.